The predicted octanol–water partition coefficient (Wildman–Crippen LogP) is 4.53. The molecule has 4 aliphatic rings. The Balaban J connectivity index is 1.49. The Labute approximate surface area is 189 Å². The van der Waals surface area contributed by atoms with Crippen LogP contribution >= 0.6 is 0 Å². The summed E-state index contributed by atoms with van der Waals surface area (Å²) in [7, 11) is 0. The van der Waals surface area contributed by atoms with Crippen LogP contribution in [0.15, 0.2) is 0 Å². The molecule has 180 valence electrons. The van der Waals surface area contributed by atoms with Crippen molar-refractivity contribution in [3.8, 4) is 0 Å². The number of aliphatic hydroxyl groups is 4. The minimum atomic E-state index is -1.04. The number of hydrogen-bond donors (Lipinski definition) is 4. The lowest BCUT2D eigenvalue weighted by atomic mass is 9.43. The van der Waals surface area contributed by atoms with Gasteiger partial charge in [-0.2, -0.15) is 0 Å². The van der Waals surface area contributed by atoms with Gasteiger partial charge < -0.3 is 20.4 Å². The van der Waals surface area contributed by atoms with Crippen molar-refractivity contribution in [2.24, 2.45) is 46.3 Å². The lowest BCUT2D eigenvalue weighted by Gasteiger charge is -2.62. The fourth-order valence-corrected chi connectivity index (χ4v) is 9.15. The third-order valence-electron chi connectivity index (χ3n) is 11.1. The summed E-state index contributed by atoms with van der Waals surface area (Å²) in [4.78, 5) is 0. The van der Waals surface area contributed by atoms with E-state index in [0.29, 0.717) is 41.9 Å². The van der Waals surface area contributed by atoms with Crippen LogP contribution in [0.3, 0.4) is 0 Å². The second kappa shape index (κ2) is 8.25. The maximum absolute atomic E-state index is 11.4. The second-order valence-corrected chi connectivity index (χ2v) is 13.2. The predicted molar refractivity (Wildman–Crippen MR) is 123 cm³/mol. The van der Waals surface area contributed by atoms with E-state index in [4.69, 9.17) is 0 Å². The number of hydrogen-bond acceptors (Lipinski definition) is 4. The molecule has 4 nitrogen and oxygen atoms in total. The van der Waals surface area contributed by atoms with E-state index in [1.165, 1.54) is 25.7 Å². The molecule has 11 atom stereocenters. The summed E-state index contributed by atoms with van der Waals surface area (Å²) in [5.41, 5.74) is -0.477. The molecule has 0 spiro atoms. The molecule has 4 fully saturated rings. The molecule has 4 heteroatoms. The number of aliphatic hydroxyl groups excluding tert-OH is 3. The zero-order chi connectivity index (χ0) is 22.8. The van der Waals surface area contributed by atoms with Crippen LogP contribution in [0.4, 0.5) is 0 Å². The lowest BCUT2D eigenvalue weighted by molar-refractivity contribution is -0.174. The first-order valence-corrected chi connectivity index (χ1v) is 13.1. The maximum Gasteiger partial charge on any atom is 0.0849 e. The van der Waals surface area contributed by atoms with Crippen LogP contribution in [0.25, 0.3) is 0 Å². The zero-order valence-electron chi connectivity index (χ0n) is 20.6. The van der Waals surface area contributed by atoms with Crippen LogP contribution in [-0.4, -0.2) is 44.3 Å². The van der Waals surface area contributed by atoms with Crippen LogP contribution in [-0.2, 0) is 0 Å². The van der Waals surface area contributed by atoms with Gasteiger partial charge in [-0.15, -0.1) is 0 Å². The van der Waals surface area contributed by atoms with Crippen molar-refractivity contribution in [3.63, 3.8) is 0 Å². The summed E-state index contributed by atoms with van der Waals surface area (Å²) in [6, 6.07) is 0. The van der Waals surface area contributed by atoms with Crippen molar-refractivity contribution in [1.82, 2.24) is 0 Å². The average molecular weight is 437 g/mol. The zero-order valence-corrected chi connectivity index (χ0v) is 20.6. The summed E-state index contributed by atoms with van der Waals surface area (Å²) >= 11 is 0. The van der Waals surface area contributed by atoms with Gasteiger partial charge in [-0.25, -0.2) is 0 Å². The van der Waals surface area contributed by atoms with Gasteiger partial charge in [0.15, 0.2) is 0 Å². The van der Waals surface area contributed by atoms with E-state index in [1.54, 1.807) is 13.8 Å². The van der Waals surface area contributed by atoms with Crippen LogP contribution in [0, 0.1) is 46.3 Å². The molecule has 2 unspecified atom stereocenters. The first-order valence-electron chi connectivity index (χ1n) is 13.1. The molecular weight excluding hydrogens is 388 g/mol. The Hall–Kier alpha value is -0.160. The first-order chi connectivity index (χ1) is 14.4. The molecule has 0 aromatic carbocycles. The molecule has 0 saturated heterocycles. The van der Waals surface area contributed by atoms with Gasteiger partial charge in [0.05, 0.1) is 23.9 Å². The van der Waals surface area contributed by atoms with E-state index in [-0.39, 0.29) is 23.0 Å². The molecule has 4 rings (SSSR count). The highest BCUT2D eigenvalue weighted by molar-refractivity contribution is 5.11. The molecule has 4 saturated carbocycles. The topological polar surface area (TPSA) is 80.9 Å². The van der Waals surface area contributed by atoms with Gasteiger partial charge in [0, 0.05) is 0 Å². The fraction of sp³-hybridized carbons (Fsp3) is 1.00. The Bertz CT molecular complexity index is 644. The monoisotopic (exact) mass is 436 g/mol. The minimum absolute atomic E-state index is 0.174. The van der Waals surface area contributed by atoms with Gasteiger partial charge >= 0.3 is 0 Å². The second-order valence-electron chi connectivity index (χ2n) is 13.2. The van der Waals surface area contributed by atoms with Gasteiger partial charge in [0.2, 0.25) is 0 Å². The van der Waals surface area contributed by atoms with E-state index in [9.17, 15) is 20.4 Å². The third kappa shape index (κ3) is 4.02. The van der Waals surface area contributed by atoms with Gasteiger partial charge in [-0.1, -0.05) is 20.8 Å². The van der Waals surface area contributed by atoms with Gasteiger partial charge in [-0.3, -0.25) is 0 Å². The molecular formula is C27H48O4. The minimum Gasteiger partial charge on any atom is -0.393 e. The molecule has 0 aliphatic heterocycles. The van der Waals surface area contributed by atoms with E-state index in [0.717, 1.165) is 32.1 Å². The summed E-state index contributed by atoms with van der Waals surface area (Å²) in [5.74, 6) is 3.23. The normalized spacial score (nSPS) is 49.6. The molecule has 0 heterocycles. The highest BCUT2D eigenvalue weighted by Gasteiger charge is 2.62. The summed E-state index contributed by atoms with van der Waals surface area (Å²) in [6.45, 7) is 10.7. The van der Waals surface area contributed by atoms with Crippen molar-refractivity contribution in [1.29, 1.82) is 0 Å². The standard InChI is InChI=1S/C27H48O4/c1-16(6-9-23(30)25(2,3)31)19-7-8-20-24-21(11-13-27(19,20)5)26(4)12-10-18(28)14-17(26)15-22(24)29/h16-24,28-31H,6-15H2,1-5H3/t16-,17?,18-,19-,20+,21+,22-,23?,24+,26+,27-/m1/s1. The van der Waals surface area contributed by atoms with Crippen molar-refractivity contribution in [3.05, 3.63) is 0 Å². The van der Waals surface area contributed by atoms with Crippen LogP contribution < -0.4 is 0 Å². The molecule has 0 aromatic rings. The van der Waals surface area contributed by atoms with E-state index in [2.05, 4.69) is 20.8 Å². The van der Waals surface area contributed by atoms with Crippen molar-refractivity contribution < 1.29 is 20.4 Å². The Kier molecular flexibility index (Phi) is 6.38. The van der Waals surface area contributed by atoms with Crippen molar-refractivity contribution in [2.75, 3.05) is 0 Å². The Morgan fingerprint density at radius 1 is 0.903 bits per heavy atom. The van der Waals surface area contributed by atoms with Crippen LogP contribution in [0.2, 0.25) is 0 Å². The lowest BCUT2D eigenvalue weighted by Crippen LogP contribution is -2.58. The molecule has 0 aromatic heterocycles. The summed E-state index contributed by atoms with van der Waals surface area (Å²) < 4.78 is 0. The van der Waals surface area contributed by atoms with Crippen molar-refractivity contribution >= 4 is 0 Å². The smallest absolute Gasteiger partial charge is 0.0849 e. The van der Waals surface area contributed by atoms with E-state index < -0.39 is 11.7 Å². The molecule has 0 amide bonds. The molecule has 31 heavy (non-hydrogen) atoms. The maximum atomic E-state index is 11.4. The highest BCUT2D eigenvalue weighted by Crippen LogP contribution is 2.68. The molecule has 0 bridgehead atoms. The highest BCUT2D eigenvalue weighted by atomic mass is 16.3. The quantitative estimate of drug-likeness (QED) is 0.511. The summed E-state index contributed by atoms with van der Waals surface area (Å²) in [5, 5.41) is 42.0. The summed E-state index contributed by atoms with van der Waals surface area (Å²) in [6.07, 6.45) is 9.25. The Morgan fingerprint density at radius 2 is 1.55 bits per heavy atom. The van der Waals surface area contributed by atoms with Crippen LogP contribution in [0.5, 0.6) is 0 Å². The van der Waals surface area contributed by atoms with E-state index in [1.807, 2.05) is 0 Å². The average Bonchev–Trinajstić information content (AvgIpc) is 3.03. The first kappa shape index (κ1) is 24.0. The van der Waals surface area contributed by atoms with Gasteiger partial charge in [0.25, 0.3) is 0 Å². The largest absolute Gasteiger partial charge is 0.393 e. The Morgan fingerprint density at radius 3 is 2.23 bits per heavy atom. The molecule has 0 radical (unpaired) electrons. The van der Waals surface area contributed by atoms with Gasteiger partial charge in [0.1, 0.15) is 0 Å². The van der Waals surface area contributed by atoms with E-state index >= 15 is 0 Å². The third-order valence-corrected chi connectivity index (χ3v) is 11.1. The van der Waals surface area contributed by atoms with Crippen molar-refractivity contribution in [2.45, 2.75) is 123 Å². The fourth-order valence-electron chi connectivity index (χ4n) is 9.15. The number of fused-ring (bicyclic) bond motifs is 5. The van der Waals surface area contributed by atoms with Crippen LogP contribution in [0.1, 0.15) is 98.8 Å². The number of rotatable bonds is 5. The SMILES string of the molecule is C[C@H](CCC(O)C(C)(C)O)[C@H]1CC[C@H]2[C@@H]3[C@H](O)CC4C[C@H](O)CC[C@]4(C)[C@H]3CC[C@]12C. The molecule has 4 aliphatic carbocycles. The van der Waals surface area contributed by atoms with Gasteiger partial charge in [-0.05, 0) is 124 Å². The molecule has 4 N–H and O–H groups in total.